The van der Waals surface area contributed by atoms with Crippen molar-refractivity contribution < 1.29 is 42.1 Å². The summed E-state index contributed by atoms with van der Waals surface area (Å²) < 4.78 is 33.9. The molecule has 0 aromatic heterocycles. The van der Waals surface area contributed by atoms with E-state index in [9.17, 15) is 19.0 Å². The summed E-state index contributed by atoms with van der Waals surface area (Å²) in [5.41, 5.74) is 0. The summed E-state index contributed by atoms with van der Waals surface area (Å²) in [7, 11) is 1.14. The molecule has 0 spiro atoms. The lowest BCUT2D eigenvalue weighted by Crippen LogP contribution is -2.37. The molecule has 0 rings (SSSR count). The van der Waals surface area contributed by atoms with Crippen molar-refractivity contribution in [3.8, 4) is 0 Å². The molecule has 0 aliphatic carbocycles. The smallest absolute Gasteiger partial charge is 0.306 e. The second-order valence-electron chi connectivity index (χ2n) is 17.1. The van der Waals surface area contributed by atoms with Gasteiger partial charge in [-0.2, -0.15) is 0 Å². The number of rotatable bonds is 43. The number of phosphoric ester groups is 1. The summed E-state index contributed by atoms with van der Waals surface area (Å²) in [6.07, 6.45) is 51.1. The number of carbonyl (C=O) groups is 2. The minimum atomic E-state index is -4.64. The van der Waals surface area contributed by atoms with Crippen LogP contribution < -0.4 is 4.89 Å². The van der Waals surface area contributed by atoms with Gasteiger partial charge in [0.1, 0.15) is 19.8 Å². The van der Waals surface area contributed by atoms with Crippen LogP contribution in [0, 0.1) is 0 Å². The molecule has 0 heterocycles. The molecule has 9 nitrogen and oxygen atoms in total. The van der Waals surface area contributed by atoms with Crippen molar-refractivity contribution in [3.05, 3.63) is 60.8 Å². The highest BCUT2D eigenvalue weighted by Gasteiger charge is 2.21. The van der Waals surface area contributed by atoms with Crippen LogP contribution in [0.25, 0.3) is 0 Å². The first-order valence-electron chi connectivity index (χ1n) is 24.0. The Morgan fingerprint density at radius 1 is 0.533 bits per heavy atom. The predicted octanol–water partition coefficient (Wildman–Crippen LogP) is 13.4. The van der Waals surface area contributed by atoms with Gasteiger partial charge in [-0.25, -0.2) is 0 Å². The van der Waals surface area contributed by atoms with Crippen LogP contribution in [0.5, 0.6) is 0 Å². The average molecular weight is 864 g/mol. The number of likely N-dealkylation sites (N-methyl/N-ethyl adjacent to an activating group) is 1. The van der Waals surface area contributed by atoms with Gasteiger partial charge < -0.3 is 27.9 Å². The molecule has 0 aromatic rings. The van der Waals surface area contributed by atoms with Gasteiger partial charge in [-0.3, -0.25) is 14.2 Å². The molecular weight excluding hydrogens is 774 g/mol. The molecule has 0 saturated heterocycles. The Labute approximate surface area is 368 Å². The van der Waals surface area contributed by atoms with E-state index in [0.29, 0.717) is 23.9 Å². The van der Waals surface area contributed by atoms with Crippen molar-refractivity contribution in [3.63, 3.8) is 0 Å². The molecule has 0 radical (unpaired) electrons. The fraction of sp³-hybridized carbons (Fsp3) is 0.760. The Balaban J connectivity index is 4.33. The van der Waals surface area contributed by atoms with E-state index in [0.717, 1.165) is 57.8 Å². The van der Waals surface area contributed by atoms with Crippen LogP contribution in [0.4, 0.5) is 0 Å². The molecule has 0 aromatic carbocycles. The fourth-order valence-corrected chi connectivity index (χ4v) is 7.02. The standard InChI is InChI=1S/C50H90NO8P/c1-6-8-10-12-14-16-18-20-22-23-24-25-26-27-29-31-33-35-37-39-41-43-50(53)59-48(47-58-60(54,55)57-45-44-51(3,4)5)46-56-49(52)42-40-38-36-34-32-30-28-21-19-17-15-13-11-9-7-2/h9,11,15,17,20-22,28,32,34,48H,6-8,10,12-14,16,18-19,23-27,29-31,33,35-47H2,1-5H3/b11-9+,17-15+,22-20+,28-21+,34-32+/t48-/m1/s1. The average Bonchev–Trinajstić information content (AvgIpc) is 3.20. The Bertz CT molecular complexity index is 1210. The van der Waals surface area contributed by atoms with E-state index in [1.165, 1.54) is 96.3 Å². The number of quaternary nitrogens is 1. The van der Waals surface area contributed by atoms with E-state index in [1.807, 2.05) is 21.1 Å². The number of nitrogens with zero attached hydrogens (tertiary/aromatic N) is 1. The zero-order valence-corrected chi connectivity index (χ0v) is 40.0. The van der Waals surface area contributed by atoms with Gasteiger partial charge in [-0.1, -0.05) is 164 Å². The van der Waals surface area contributed by atoms with Crippen LogP contribution in [0.3, 0.4) is 0 Å². The maximum Gasteiger partial charge on any atom is 0.306 e. The summed E-state index contributed by atoms with van der Waals surface area (Å²) in [5, 5.41) is 0. The highest BCUT2D eigenvalue weighted by Crippen LogP contribution is 2.38. The quantitative estimate of drug-likeness (QED) is 0.0196. The van der Waals surface area contributed by atoms with E-state index in [1.54, 1.807) is 0 Å². The lowest BCUT2D eigenvalue weighted by Gasteiger charge is -2.28. The fourth-order valence-electron chi connectivity index (χ4n) is 6.29. The lowest BCUT2D eigenvalue weighted by molar-refractivity contribution is -0.870. The van der Waals surface area contributed by atoms with Crippen LogP contribution in [-0.2, 0) is 32.7 Å². The van der Waals surface area contributed by atoms with E-state index < -0.39 is 32.5 Å². The Morgan fingerprint density at radius 3 is 1.47 bits per heavy atom. The lowest BCUT2D eigenvalue weighted by atomic mass is 10.0. The molecule has 10 heteroatoms. The molecule has 348 valence electrons. The third-order valence-corrected chi connectivity index (χ3v) is 11.0. The van der Waals surface area contributed by atoms with Crippen molar-refractivity contribution in [1.29, 1.82) is 0 Å². The van der Waals surface area contributed by atoms with Crippen LogP contribution >= 0.6 is 7.82 Å². The van der Waals surface area contributed by atoms with E-state index in [-0.39, 0.29) is 26.1 Å². The van der Waals surface area contributed by atoms with Gasteiger partial charge in [0.2, 0.25) is 0 Å². The number of esters is 2. The maximum absolute atomic E-state index is 12.7. The molecule has 1 unspecified atom stereocenters. The molecule has 0 amide bonds. The summed E-state index contributed by atoms with van der Waals surface area (Å²) in [6.45, 7) is 4.06. The molecule has 0 aliphatic rings. The SMILES string of the molecule is CC/C=C/C/C=C/C/C=C/C/C=C/CCCCC(=O)OC[C@H](COP(=O)([O-])OCC[N+](C)(C)C)OC(=O)CCCCCCCCCCCCC/C=C/CCCCCCCC. The van der Waals surface area contributed by atoms with Gasteiger partial charge in [0.15, 0.2) is 6.10 Å². The Kier molecular flexibility index (Phi) is 40.4. The van der Waals surface area contributed by atoms with Gasteiger partial charge in [0.25, 0.3) is 7.82 Å². The molecule has 0 N–H and O–H groups in total. The first-order chi connectivity index (χ1) is 29.0. The zero-order chi connectivity index (χ0) is 44.3. The van der Waals surface area contributed by atoms with Crippen molar-refractivity contribution in [2.75, 3.05) is 47.5 Å². The number of phosphoric acid groups is 1. The van der Waals surface area contributed by atoms with Gasteiger partial charge in [-0.15, -0.1) is 0 Å². The topological polar surface area (TPSA) is 111 Å². The van der Waals surface area contributed by atoms with Crippen LogP contribution in [0.2, 0.25) is 0 Å². The third kappa shape index (κ3) is 45.2. The van der Waals surface area contributed by atoms with Crippen LogP contribution in [-0.4, -0.2) is 70.0 Å². The molecule has 60 heavy (non-hydrogen) atoms. The van der Waals surface area contributed by atoms with Crippen LogP contribution in [0.15, 0.2) is 60.8 Å². The normalized spacial score (nSPS) is 14.0. The summed E-state index contributed by atoms with van der Waals surface area (Å²) in [6, 6.07) is 0. The summed E-state index contributed by atoms with van der Waals surface area (Å²) >= 11 is 0. The second kappa shape index (κ2) is 42.0. The minimum absolute atomic E-state index is 0.0396. The van der Waals surface area contributed by atoms with Gasteiger partial charge in [-0.05, 0) is 77.0 Å². The molecule has 0 saturated carbocycles. The molecule has 0 aliphatic heterocycles. The number of allylic oxidation sites excluding steroid dienone is 10. The maximum atomic E-state index is 12.7. The Morgan fingerprint density at radius 2 is 0.950 bits per heavy atom. The third-order valence-electron chi connectivity index (χ3n) is 10.0. The number of hydrogen-bond acceptors (Lipinski definition) is 8. The number of hydrogen-bond donors (Lipinski definition) is 0. The zero-order valence-electron chi connectivity index (χ0n) is 39.1. The van der Waals surface area contributed by atoms with Crippen molar-refractivity contribution >= 4 is 19.8 Å². The summed E-state index contributed by atoms with van der Waals surface area (Å²) in [5.74, 6) is -0.884. The predicted molar refractivity (Wildman–Crippen MR) is 250 cm³/mol. The van der Waals surface area contributed by atoms with Crippen molar-refractivity contribution in [1.82, 2.24) is 0 Å². The molecular formula is C50H90NO8P. The highest BCUT2D eigenvalue weighted by molar-refractivity contribution is 7.45. The molecule has 2 atom stereocenters. The van der Waals surface area contributed by atoms with E-state index >= 15 is 0 Å². The number of carbonyl (C=O) groups excluding carboxylic acids is 2. The minimum Gasteiger partial charge on any atom is -0.756 e. The van der Waals surface area contributed by atoms with Gasteiger partial charge in [0.05, 0.1) is 27.7 Å². The second-order valence-corrected chi connectivity index (χ2v) is 18.5. The van der Waals surface area contributed by atoms with Gasteiger partial charge >= 0.3 is 11.9 Å². The summed E-state index contributed by atoms with van der Waals surface area (Å²) in [4.78, 5) is 37.6. The van der Waals surface area contributed by atoms with E-state index in [4.69, 9.17) is 18.5 Å². The first kappa shape index (κ1) is 57.7. The highest BCUT2D eigenvalue weighted by atomic mass is 31.2. The number of unbranched alkanes of at least 4 members (excludes halogenated alkanes) is 19. The largest absolute Gasteiger partial charge is 0.756 e. The first-order valence-corrected chi connectivity index (χ1v) is 25.5. The van der Waals surface area contributed by atoms with Crippen LogP contribution in [0.1, 0.15) is 194 Å². The number of ether oxygens (including phenoxy) is 2. The van der Waals surface area contributed by atoms with Crippen molar-refractivity contribution in [2.45, 2.75) is 200 Å². The molecule has 0 fully saturated rings. The molecule has 0 bridgehead atoms. The monoisotopic (exact) mass is 864 g/mol. The van der Waals surface area contributed by atoms with Crippen molar-refractivity contribution in [2.24, 2.45) is 0 Å². The van der Waals surface area contributed by atoms with E-state index in [2.05, 4.69) is 74.6 Å². The Hall–Kier alpha value is -2.29. The van der Waals surface area contributed by atoms with Gasteiger partial charge in [0, 0.05) is 12.8 Å².